The van der Waals surface area contributed by atoms with Crippen LogP contribution in [0.25, 0.3) is 0 Å². The Morgan fingerprint density at radius 3 is 2.22 bits per heavy atom. The van der Waals surface area contributed by atoms with Crippen LogP contribution in [-0.4, -0.2) is 36.5 Å². The van der Waals surface area contributed by atoms with Crippen molar-refractivity contribution in [2.24, 2.45) is 0 Å². The van der Waals surface area contributed by atoms with E-state index < -0.39 is 15.6 Å². The summed E-state index contributed by atoms with van der Waals surface area (Å²) in [6.45, 7) is 2.03. The normalized spacial score (nSPS) is 19.6. The van der Waals surface area contributed by atoms with Gasteiger partial charge in [-0.15, -0.1) is 0 Å². The van der Waals surface area contributed by atoms with E-state index in [0.29, 0.717) is 6.42 Å². The van der Waals surface area contributed by atoms with Gasteiger partial charge in [-0.05, 0) is 24.6 Å². The molecule has 0 aliphatic carbocycles. The molecule has 0 atom stereocenters. The second kappa shape index (κ2) is 4.65. The molecule has 4 nitrogen and oxygen atoms in total. The zero-order valence-electron chi connectivity index (χ0n) is 9.73. The number of β-amino-alcohol motifs (C(OH)–C–C–N with tert-alkyl or cyclic N) is 1. The number of nitrogens with zero attached hydrogens (tertiary/aromatic N) is 1. The van der Waals surface area contributed by atoms with Crippen LogP contribution in [0, 0.1) is 0 Å². The molecule has 1 heterocycles. The number of sulfonamides is 1. The van der Waals surface area contributed by atoms with E-state index >= 15 is 0 Å². The van der Waals surface area contributed by atoms with Crippen molar-refractivity contribution in [1.82, 2.24) is 4.31 Å². The Morgan fingerprint density at radius 1 is 1.28 bits per heavy atom. The number of aliphatic hydroxyl groups is 1. The van der Waals surface area contributed by atoms with Crippen molar-refractivity contribution in [3.05, 3.63) is 28.2 Å². The molecule has 1 saturated heterocycles. The maximum absolute atomic E-state index is 12.2. The van der Waals surface area contributed by atoms with Gasteiger partial charge in [-0.2, -0.15) is 4.31 Å². The number of hydrogen-bond acceptors (Lipinski definition) is 3. The molecular weight excluding hydrogens is 297 g/mol. The van der Waals surface area contributed by atoms with Crippen LogP contribution in [0.3, 0.4) is 0 Å². The fraction of sp³-hybridized carbons (Fsp3) is 0.455. The van der Waals surface area contributed by atoms with E-state index in [1.54, 1.807) is 0 Å². The van der Waals surface area contributed by atoms with Crippen LogP contribution in [0.5, 0.6) is 0 Å². The third kappa shape index (κ3) is 2.51. The average molecular weight is 310 g/mol. The van der Waals surface area contributed by atoms with Crippen LogP contribution in [0.4, 0.5) is 0 Å². The predicted molar refractivity (Wildman–Crippen MR) is 70.5 cm³/mol. The maximum atomic E-state index is 12.2. The van der Waals surface area contributed by atoms with Crippen LogP contribution in [0.2, 0.25) is 10.0 Å². The molecule has 1 aliphatic heterocycles. The molecule has 0 radical (unpaired) electrons. The quantitative estimate of drug-likeness (QED) is 0.930. The molecule has 0 spiro atoms. The summed E-state index contributed by atoms with van der Waals surface area (Å²) in [6, 6.07) is 4.18. The van der Waals surface area contributed by atoms with Crippen LogP contribution < -0.4 is 0 Å². The van der Waals surface area contributed by atoms with Gasteiger partial charge < -0.3 is 5.11 Å². The lowest BCUT2D eigenvalue weighted by Gasteiger charge is -2.44. The third-order valence-corrected chi connectivity index (χ3v) is 5.28. The van der Waals surface area contributed by atoms with Gasteiger partial charge in [0.2, 0.25) is 10.0 Å². The number of rotatable bonds is 3. The Morgan fingerprint density at radius 2 is 1.78 bits per heavy atom. The van der Waals surface area contributed by atoms with Crippen LogP contribution in [-0.2, 0) is 10.0 Å². The molecule has 1 aromatic rings. The Bertz CT molecular complexity index is 547. The molecule has 0 unspecified atom stereocenters. The zero-order valence-corrected chi connectivity index (χ0v) is 12.1. The smallest absolute Gasteiger partial charge is 0.243 e. The first kappa shape index (κ1) is 14.1. The molecule has 0 amide bonds. The second-order valence-electron chi connectivity index (χ2n) is 4.46. The summed E-state index contributed by atoms with van der Waals surface area (Å²) >= 11 is 11.6. The molecule has 2 rings (SSSR count). The minimum Gasteiger partial charge on any atom is -0.387 e. The molecule has 100 valence electrons. The molecule has 0 saturated carbocycles. The van der Waals surface area contributed by atoms with Crippen LogP contribution in [0.15, 0.2) is 23.1 Å². The van der Waals surface area contributed by atoms with Gasteiger partial charge in [-0.25, -0.2) is 8.42 Å². The van der Waals surface area contributed by atoms with Gasteiger partial charge in [-0.3, -0.25) is 0 Å². The standard InChI is InChI=1S/C11H13Cl2NO3S/c1-2-11(15)6-14(7-11)18(16,17)10-4-8(12)3-9(13)5-10/h3-5,15H,2,6-7H2,1H3. The highest BCUT2D eigenvalue weighted by atomic mass is 35.5. The summed E-state index contributed by atoms with van der Waals surface area (Å²) in [7, 11) is -3.62. The van der Waals surface area contributed by atoms with Crippen molar-refractivity contribution in [1.29, 1.82) is 0 Å². The van der Waals surface area contributed by atoms with Gasteiger partial charge in [0, 0.05) is 23.1 Å². The first-order chi connectivity index (χ1) is 8.27. The highest BCUT2D eigenvalue weighted by Crippen LogP contribution is 2.32. The van der Waals surface area contributed by atoms with Gasteiger partial charge in [0.1, 0.15) is 0 Å². The molecule has 1 aromatic carbocycles. The Balaban J connectivity index is 2.28. The Kier molecular flexibility index (Phi) is 3.64. The topological polar surface area (TPSA) is 57.6 Å². The fourth-order valence-electron chi connectivity index (χ4n) is 1.83. The molecule has 0 bridgehead atoms. The summed E-state index contributed by atoms with van der Waals surface area (Å²) in [4.78, 5) is 0.0538. The van der Waals surface area contributed by atoms with E-state index in [-0.39, 0.29) is 28.0 Å². The van der Waals surface area contributed by atoms with E-state index in [4.69, 9.17) is 23.2 Å². The lowest BCUT2D eigenvalue weighted by molar-refractivity contribution is -0.0613. The van der Waals surface area contributed by atoms with Crippen molar-refractivity contribution in [3.8, 4) is 0 Å². The van der Waals surface area contributed by atoms with E-state index in [9.17, 15) is 13.5 Å². The van der Waals surface area contributed by atoms with E-state index in [2.05, 4.69) is 0 Å². The summed E-state index contributed by atoms with van der Waals surface area (Å²) in [5.41, 5.74) is -0.907. The molecular formula is C11H13Cl2NO3S. The Labute approximate surface area is 116 Å². The summed E-state index contributed by atoms with van der Waals surface area (Å²) < 4.78 is 25.7. The van der Waals surface area contributed by atoms with Crippen LogP contribution in [0.1, 0.15) is 13.3 Å². The average Bonchev–Trinajstić information content (AvgIpc) is 2.23. The molecule has 1 N–H and O–H groups in total. The van der Waals surface area contributed by atoms with E-state index in [1.165, 1.54) is 22.5 Å². The van der Waals surface area contributed by atoms with Crippen molar-refractivity contribution in [2.75, 3.05) is 13.1 Å². The minimum atomic E-state index is -3.62. The minimum absolute atomic E-state index is 0.0538. The van der Waals surface area contributed by atoms with Gasteiger partial charge in [-0.1, -0.05) is 30.1 Å². The first-order valence-electron chi connectivity index (χ1n) is 5.45. The molecule has 1 fully saturated rings. The van der Waals surface area contributed by atoms with Crippen LogP contribution >= 0.6 is 23.2 Å². The lowest BCUT2D eigenvalue weighted by atomic mass is 9.94. The van der Waals surface area contributed by atoms with Gasteiger partial charge in [0.25, 0.3) is 0 Å². The SMILES string of the molecule is CCC1(O)CN(S(=O)(=O)c2cc(Cl)cc(Cl)c2)C1. The largest absolute Gasteiger partial charge is 0.387 e. The van der Waals surface area contributed by atoms with Crippen molar-refractivity contribution >= 4 is 33.2 Å². The predicted octanol–water partition coefficient (Wildman–Crippen LogP) is 2.14. The van der Waals surface area contributed by atoms with E-state index in [1.807, 2.05) is 6.92 Å². The molecule has 1 aliphatic rings. The van der Waals surface area contributed by atoms with Crippen molar-refractivity contribution < 1.29 is 13.5 Å². The third-order valence-electron chi connectivity index (χ3n) is 3.07. The summed E-state index contributed by atoms with van der Waals surface area (Å²) in [6.07, 6.45) is 0.523. The highest BCUT2D eigenvalue weighted by Gasteiger charge is 2.46. The summed E-state index contributed by atoms with van der Waals surface area (Å²) in [5.74, 6) is 0. The Hall–Kier alpha value is -0.330. The fourth-order valence-corrected chi connectivity index (χ4v) is 4.16. The summed E-state index contributed by atoms with van der Waals surface area (Å²) in [5, 5.41) is 10.4. The lowest BCUT2D eigenvalue weighted by Crippen LogP contribution is -2.62. The van der Waals surface area contributed by atoms with Gasteiger partial charge in [0.05, 0.1) is 10.5 Å². The van der Waals surface area contributed by atoms with Gasteiger partial charge >= 0.3 is 0 Å². The van der Waals surface area contributed by atoms with Gasteiger partial charge in [0.15, 0.2) is 0 Å². The molecule has 0 aromatic heterocycles. The highest BCUT2D eigenvalue weighted by molar-refractivity contribution is 7.89. The monoisotopic (exact) mass is 309 g/mol. The maximum Gasteiger partial charge on any atom is 0.243 e. The van der Waals surface area contributed by atoms with Crippen molar-refractivity contribution in [3.63, 3.8) is 0 Å². The molecule has 7 heteroatoms. The zero-order chi connectivity index (χ0) is 13.6. The number of benzene rings is 1. The number of halogens is 2. The molecule has 18 heavy (non-hydrogen) atoms. The number of hydrogen-bond donors (Lipinski definition) is 1. The first-order valence-corrected chi connectivity index (χ1v) is 7.65. The van der Waals surface area contributed by atoms with E-state index in [0.717, 1.165) is 0 Å². The van der Waals surface area contributed by atoms with Crippen molar-refractivity contribution in [2.45, 2.75) is 23.8 Å². The second-order valence-corrected chi connectivity index (χ2v) is 7.27.